The van der Waals surface area contributed by atoms with Crippen LogP contribution in [0.2, 0.25) is 5.02 Å². The highest BCUT2D eigenvalue weighted by Crippen LogP contribution is 2.44. The van der Waals surface area contributed by atoms with E-state index in [9.17, 15) is 17.5 Å². The monoisotopic (exact) mass is 403 g/mol. The van der Waals surface area contributed by atoms with Crippen molar-refractivity contribution in [3.63, 3.8) is 0 Å². The SMILES string of the molecule is O=S(=O)(NC1CCS(O)(O)CC1)c1ccc(Br)c(Cl)c1. The molecule has 0 aromatic heterocycles. The first-order chi connectivity index (χ1) is 9.20. The zero-order chi connectivity index (χ0) is 15.0. The van der Waals surface area contributed by atoms with Gasteiger partial charge in [0.25, 0.3) is 0 Å². The molecule has 20 heavy (non-hydrogen) atoms. The molecule has 0 amide bonds. The Labute approximate surface area is 133 Å². The lowest BCUT2D eigenvalue weighted by Gasteiger charge is -2.39. The number of halogens is 2. The Morgan fingerprint density at radius 1 is 1.30 bits per heavy atom. The summed E-state index contributed by atoms with van der Waals surface area (Å²) in [5.74, 6) is 0.475. The molecule has 3 N–H and O–H groups in total. The summed E-state index contributed by atoms with van der Waals surface area (Å²) in [6.07, 6.45) is 0.845. The summed E-state index contributed by atoms with van der Waals surface area (Å²) >= 11 is 9.11. The van der Waals surface area contributed by atoms with E-state index in [1.165, 1.54) is 12.1 Å². The molecule has 0 spiro atoms. The molecule has 5 nitrogen and oxygen atoms in total. The third kappa shape index (κ3) is 4.09. The normalized spacial score (nSPS) is 21.6. The fourth-order valence-electron chi connectivity index (χ4n) is 1.96. The highest BCUT2D eigenvalue weighted by molar-refractivity contribution is 9.10. The maximum atomic E-state index is 12.2. The van der Waals surface area contributed by atoms with Gasteiger partial charge in [-0.15, -0.1) is 0 Å². The van der Waals surface area contributed by atoms with E-state index in [1.807, 2.05) is 0 Å². The molecule has 0 radical (unpaired) electrons. The summed E-state index contributed by atoms with van der Waals surface area (Å²) in [5, 5.41) is 0.325. The van der Waals surface area contributed by atoms with E-state index in [0.717, 1.165) is 0 Å². The topological polar surface area (TPSA) is 86.6 Å². The molecule has 1 aromatic rings. The highest BCUT2D eigenvalue weighted by Gasteiger charge is 2.28. The van der Waals surface area contributed by atoms with Gasteiger partial charge in [0.15, 0.2) is 0 Å². The first-order valence-electron chi connectivity index (χ1n) is 5.91. The van der Waals surface area contributed by atoms with E-state index in [4.69, 9.17) is 11.6 Å². The van der Waals surface area contributed by atoms with Crippen LogP contribution in [0.5, 0.6) is 0 Å². The number of hydrogen-bond donors (Lipinski definition) is 3. The second-order valence-electron chi connectivity index (χ2n) is 4.68. The summed E-state index contributed by atoms with van der Waals surface area (Å²) in [5.41, 5.74) is 0. The molecule has 0 atom stereocenters. The fourth-order valence-corrected chi connectivity index (χ4v) is 5.31. The van der Waals surface area contributed by atoms with Gasteiger partial charge in [-0.1, -0.05) is 11.6 Å². The molecule has 114 valence electrons. The van der Waals surface area contributed by atoms with Gasteiger partial charge < -0.3 is 0 Å². The summed E-state index contributed by atoms with van der Waals surface area (Å²) in [6, 6.07) is 4.15. The van der Waals surface area contributed by atoms with Crippen LogP contribution in [0.15, 0.2) is 27.6 Å². The quantitative estimate of drug-likeness (QED) is 0.721. The van der Waals surface area contributed by atoms with Gasteiger partial charge in [0, 0.05) is 22.0 Å². The molecule has 1 heterocycles. The molecular formula is C11H15BrClNO4S2. The van der Waals surface area contributed by atoms with Gasteiger partial charge in [-0.2, -0.15) is 10.6 Å². The van der Waals surface area contributed by atoms with Gasteiger partial charge in [0.1, 0.15) is 0 Å². The summed E-state index contributed by atoms with van der Waals surface area (Å²) < 4.78 is 46.7. The standard InChI is InChI=1S/C11H15BrClNO4S2/c12-10-2-1-9(7-11(10)13)20(17,18)14-8-3-5-19(15,16)6-4-8/h1-2,7-8,14-16H,3-6H2. The average molecular weight is 405 g/mol. The van der Waals surface area contributed by atoms with Crippen LogP contribution in [0.1, 0.15) is 12.8 Å². The third-order valence-electron chi connectivity index (χ3n) is 3.11. The number of nitrogens with one attached hydrogen (secondary N) is 1. The average Bonchev–Trinajstić information content (AvgIpc) is 2.35. The van der Waals surface area contributed by atoms with Crippen LogP contribution in [0.25, 0.3) is 0 Å². The van der Waals surface area contributed by atoms with Crippen molar-refractivity contribution in [3.8, 4) is 0 Å². The fraction of sp³-hybridized carbons (Fsp3) is 0.455. The van der Waals surface area contributed by atoms with E-state index in [0.29, 0.717) is 22.3 Å². The van der Waals surface area contributed by atoms with Crippen LogP contribution in [0.3, 0.4) is 0 Å². The van der Waals surface area contributed by atoms with Crippen LogP contribution in [0, 0.1) is 0 Å². The zero-order valence-electron chi connectivity index (χ0n) is 10.4. The van der Waals surface area contributed by atoms with E-state index in [2.05, 4.69) is 20.7 Å². The van der Waals surface area contributed by atoms with E-state index >= 15 is 0 Å². The minimum Gasteiger partial charge on any atom is -0.299 e. The number of hydrogen-bond acceptors (Lipinski definition) is 4. The van der Waals surface area contributed by atoms with Crippen LogP contribution in [0.4, 0.5) is 0 Å². The van der Waals surface area contributed by atoms with Crippen molar-refractivity contribution in [2.75, 3.05) is 11.5 Å². The number of sulfonamides is 1. The largest absolute Gasteiger partial charge is 0.299 e. The molecule has 1 fully saturated rings. The van der Waals surface area contributed by atoms with Crippen molar-refractivity contribution in [2.24, 2.45) is 0 Å². The molecule has 0 unspecified atom stereocenters. The lowest BCUT2D eigenvalue weighted by Crippen LogP contribution is -2.39. The van der Waals surface area contributed by atoms with E-state index in [1.54, 1.807) is 6.07 Å². The lowest BCUT2D eigenvalue weighted by atomic mass is 10.2. The molecular weight excluding hydrogens is 390 g/mol. The van der Waals surface area contributed by atoms with E-state index < -0.39 is 20.6 Å². The van der Waals surface area contributed by atoms with Crippen molar-refractivity contribution in [3.05, 3.63) is 27.7 Å². The van der Waals surface area contributed by atoms with Crippen molar-refractivity contribution in [1.82, 2.24) is 4.72 Å². The second-order valence-corrected chi connectivity index (χ2v) is 10.1. The van der Waals surface area contributed by atoms with E-state index in [-0.39, 0.29) is 22.4 Å². The van der Waals surface area contributed by atoms with Crippen LogP contribution in [-0.2, 0) is 10.0 Å². The van der Waals surface area contributed by atoms with Crippen LogP contribution >= 0.6 is 38.1 Å². The second kappa shape index (κ2) is 6.12. The smallest absolute Gasteiger partial charge is 0.240 e. The highest BCUT2D eigenvalue weighted by atomic mass is 79.9. The molecule has 1 aliphatic rings. The molecule has 0 aliphatic carbocycles. The minimum absolute atomic E-state index is 0.0999. The van der Waals surface area contributed by atoms with Gasteiger partial charge in [0.2, 0.25) is 10.0 Å². The maximum absolute atomic E-state index is 12.2. The van der Waals surface area contributed by atoms with Crippen molar-refractivity contribution in [2.45, 2.75) is 23.8 Å². The molecule has 0 bridgehead atoms. The summed E-state index contributed by atoms with van der Waals surface area (Å²) in [4.78, 5) is 0.0999. The Morgan fingerprint density at radius 2 is 1.90 bits per heavy atom. The van der Waals surface area contributed by atoms with Crippen LogP contribution < -0.4 is 4.72 Å². The third-order valence-corrected chi connectivity index (χ3v) is 7.64. The van der Waals surface area contributed by atoms with Gasteiger partial charge in [0.05, 0.1) is 9.92 Å². The molecule has 0 saturated carbocycles. The predicted molar refractivity (Wildman–Crippen MR) is 85.1 cm³/mol. The molecule has 1 saturated heterocycles. The predicted octanol–water partition coefficient (Wildman–Crippen LogP) is 3.29. The molecule has 9 heteroatoms. The minimum atomic E-state index is -3.65. The Kier molecular flexibility index (Phi) is 5.06. The summed E-state index contributed by atoms with van der Waals surface area (Å²) in [7, 11) is -6.16. The Morgan fingerprint density at radius 3 is 2.45 bits per heavy atom. The number of benzene rings is 1. The summed E-state index contributed by atoms with van der Waals surface area (Å²) in [6.45, 7) is 0. The van der Waals surface area contributed by atoms with Gasteiger partial charge in [-0.25, -0.2) is 13.1 Å². The Balaban J connectivity index is 2.10. The first kappa shape index (κ1) is 16.5. The lowest BCUT2D eigenvalue weighted by molar-refractivity contribution is 0.444. The first-order valence-corrected chi connectivity index (χ1v) is 10.4. The van der Waals surface area contributed by atoms with Gasteiger partial charge >= 0.3 is 0 Å². The Hall–Kier alpha value is 0.170. The van der Waals surface area contributed by atoms with Crippen molar-refractivity contribution in [1.29, 1.82) is 0 Å². The molecule has 2 rings (SSSR count). The van der Waals surface area contributed by atoms with Crippen LogP contribution in [-0.4, -0.2) is 35.1 Å². The number of rotatable bonds is 3. The van der Waals surface area contributed by atoms with Crippen molar-refractivity contribution >= 4 is 48.1 Å². The zero-order valence-corrected chi connectivity index (χ0v) is 14.4. The van der Waals surface area contributed by atoms with Gasteiger partial charge in [-0.05, 0) is 47.0 Å². The Bertz CT molecular complexity index is 598. The van der Waals surface area contributed by atoms with Gasteiger partial charge in [-0.3, -0.25) is 9.11 Å². The van der Waals surface area contributed by atoms with Crippen molar-refractivity contribution < 1.29 is 17.5 Å². The maximum Gasteiger partial charge on any atom is 0.240 e. The molecule has 1 aliphatic heterocycles. The molecule has 1 aromatic carbocycles.